The molecule has 0 bridgehead atoms. The third-order valence-corrected chi connectivity index (χ3v) is 3.75. The average molecular weight is 286 g/mol. The van der Waals surface area contributed by atoms with Crippen LogP contribution in [0.4, 0.5) is 0 Å². The van der Waals surface area contributed by atoms with Crippen molar-refractivity contribution in [2.24, 2.45) is 0 Å². The van der Waals surface area contributed by atoms with E-state index in [9.17, 15) is 0 Å². The molecule has 20 heavy (non-hydrogen) atoms. The van der Waals surface area contributed by atoms with E-state index in [1.807, 2.05) is 30.6 Å². The fourth-order valence-electron chi connectivity index (χ4n) is 2.32. The molecule has 2 aromatic heterocycles. The predicted molar refractivity (Wildman–Crippen MR) is 82.8 cm³/mol. The highest BCUT2D eigenvalue weighted by molar-refractivity contribution is 6.31. The van der Waals surface area contributed by atoms with E-state index >= 15 is 0 Å². The van der Waals surface area contributed by atoms with Crippen molar-refractivity contribution in [2.75, 3.05) is 0 Å². The van der Waals surface area contributed by atoms with Gasteiger partial charge in [0.2, 0.25) is 0 Å². The highest BCUT2D eigenvalue weighted by Gasteiger charge is 2.07. The number of fused-ring (bicyclic) bond motifs is 1. The normalized spacial score (nSPS) is 12.7. The molecule has 0 aliphatic rings. The third kappa shape index (κ3) is 2.69. The summed E-state index contributed by atoms with van der Waals surface area (Å²) in [5.74, 6) is 0. The van der Waals surface area contributed by atoms with E-state index in [-0.39, 0.29) is 6.04 Å². The first-order valence-corrected chi connectivity index (χ1v) is 7.00. The van der Waals surface area contributed by atoms with Gasteiger partial charge in [-0.15, -0.1) is 0 Å². The Kier molecular flexibility index (Phi) is 3.72. The Morgan fingerprint density at radius 2 is 2.25 bits per heavy atom. The predicted octanol–water partition coefficient (Wildman–Crippen LogP) is 4.07. The Morgan fingerprint density at radius 3 is 3.05 bits per heavy atom. The van der Waals surface area contributed by atoms with E-state index in [0.29, 0.717) is 0 Å². The van der Waals surface area contributed by atoms with Crippen LogP contribution in [-0.4, -0.2) is 9.97 Å². The lowest BCUT2D eigenvalue weighted by Crippen LogP contribution is -2.17. The van der Waals surface area contributed by atoms with Gasteiger partial charge in [0.15, 0.2) is 0 Å². The van der Waals surface area contributed by atoms with Crippen LogP contribution in [0.2, 0.25) is 5.02 Å². The maximum atomic E-state index is 5.99. The van der Waals surface area contributed by atoms with Crippen LogP contribution in [0.1, 0.15) is 24.1 Å². The molecule has 0 amide bonds. The minimum atomic E-state index is 0.265. The van der Waals surface area contributed by atoms with Gasteiger partial charge in [0.25, 0.3) is 0 Å². The molecule has 0 saturated carbocycles. The first kappa shape index (κ1) is 13.2. The molecule has 0 spiro atoms. The quantitative estimate of drug-likeness (QED) is 0.759. The first-order chi connectivity index (χ1) is 9.74. The van der Waals surface area contributed by atoms with Crippen molar-refractivity contribution in [2.45, 2.75) is 19.5 Å². The van der Waals surface area contributed by atoms with Crippen LogP contribution in [0.25, 0.3) is 10.9 Å². The molecular weight excluding hydrogens is 270 g/mol. The van der Waals surface area contributed by atoms with Gasteiger partial charge in [0.05, 0.1) is 0 Å². The molecule has 0 fully saturated rings. The summed E-state index contributed by atoms with van der Waals surface area (Å²) >= 11 is 5.99. The van der Waals surface area contributed by atoms with Crippen LogP contribution in [0, 0.1) is 0 Å². The lowest BCUT2D eigenvalue weighted by Gasteiger charge is -2.13. The van der Waals surface area contributed by atoms with Crippen molar-refractivity contribution < 1.29 is 0 Å². The van der Waals surface area contributed by atoms with E-state index in [0.717, 1.165) is 17.1 Å². The molecule has 102 valence electrons. The summed E-state index contributed by atoms with van der Waals surface area (Å²) in [6.07, 6.45) is 5.72. The van der Waals surface area contributed by atoms with E-state index in [1.165, 1.54) is 16.5 Å². The maximum absolute atomic E-state index is 5.99. The van der Waals surface area contributed by atoms with Crippen molar-refractivity contribution in [3.63, 3.8) is 0 Å². The molecular formula is C16H16ClN3. The second-order valence-electron chi connectivity index (χ2n) is 4.89. The zero-order valence-corrected chi connectivity index (χ0v) is 12.0. The number of H-pyrrole nitrogens is 1. The van der Waals surface area contributed by atoms with Crippen LogP contribution in [-0.2, 0) is 6.54 Å². The fraction of sp³-hybridized carbons (Fsp3) is 0.188. The van der Waals surface area contributed by atoms with Gasteiger partial charge in [-0.25, -0.2) is 0 Å². The second kappa shape index (κ2) is 5.65. The summed E-state index contributed by atoms with van der Waals surface area (Å²) in [6, 6.07) is 10.2. The molecule has 0 radical (unpaired) electrons. The lowest BCUT2D eigenvalue weighted by atomic mass is 10.1. The van der Waals surface area contributed by atoms with E-state index in [1.54, 1.807) is 6.20 Å². The summed E-state index contributed by atoms with van der Waals surface area (Å²) in [5.41, 5.74) is 3.51. The van der Waals surface area contributed by atoms with E-state index < -0.39 is 0 Å². The van der Waals surface area contributed by atoms with Crippen LogP contribution in [0.5, 0.6) is 0 Å². The average Bonchev–Trinajstić information content (AvgIpc) is 2.88. The number of hydrogen-bond acceptors (Lipinski definition) is 2. The van der Waals surface area contributed by atoms with Crippen LogP contribution >= 0.6 is 11.6 Å². The number of halogens is 1. The number of pyridine rings is 1. The van der Waals surface area contributed by atoms with Gasteiger partial charge in [-0.05, 0) is 36.2 Å². The summed E-state index contributed by atoms with van der Waals surface area (Å²) in [7, 11) is 0. The SMILES string of the molecule is C[C@@H](NCc1c[nH]c2cc(Cl)ccc12)c1cccnc1. The topological polar surface area (TPSA) is 40.7 Å². The van der Waals surface area contributed by atoms with Crippen LogP contribution in [0.3, 0.4) is 0 Å². The number of hydrogen-bond donors (Lipinski definition) is 2. The standard InChI is InChI=1S/C16H16ClN3/c1-11(12-3-2-6-18-8-12)19-9-13-10-20-16-7-14(17)4-5-15(13)16/h2-8,10-11,19-20H,9H2,1H3/t11-/m1/s1. The number of benzene rings is 1. The van der Waals surface area contributed by atoms with Gasteiger partial charge in [-0.1, -0.05) is 23.7 Å². The molecule has 2 heterocycles. The van der Waals surface area contributed by atoms with Gasteiger partial charge in [-0.3, -0.25) is 4.98 Å². The van der Waals surface area contributed by atoms with Crippen molar-refractivity contribution >= 4 is 22.5 Å². The molecule has 3 aromatic rings. The van der Waals surface area contributed by atoms with Crippen molar-refractivity contribution in [1.82, 2.24) is 15.3 Å². The van der Waals surface area contributed by atoms with E-state index in [4.69, 9.17) is 11.6 Å². The Hall–Kier alpha value is -1.84. The number of aromatic nitrogens is 2. The maximum Gasteiger partial charge on any atom is 0.0472 e. The molecule has 0 unspecified atom stereocenters. The largest absolute Gasteiger partial charge is 0.361 e. The zero-order valence-electron chi connectivity index (χ0n) is 11.2. The minimum Gasteiger partial charge on any atom is -0.361 e. The van der Waals surface area contributed by atoms with Crippen molar-refractivity contribution in [1.29, 1.82) is 0 Å². The minimum absolute atomic E-state index is 0.265. The molecule has 1 aromatic carbocycles. The summed E-state index contributed by atoms with van der Waals surface area (Å²) in [5, 5.41) is 5.48. The smallest absolute Gasteiger partial charge is 0.0472 e. The molecule has 0 aliphatic carbocycles. The number of rotatable bonds is 4. The molecule has 4 heteroatoms. The van der Waals surface area contributed by atoms with Gasteiger partial charge >= 0.3 is 0 Å². The monoisotopic (exact) mass is 285 g/mol. The van der Waals surface area contributed by atoms with Gasteiger partial charge in [0, 0.05) is 47.1 Å². The molecule has 3 rings (SSSR count). The van der Waals surface area contributed by atoms with Crippen LogP contribution in [0.15, 0.2) is 48.9 Å². The van der Waals surface area contributed by atoms with Gasteiger partial charge < -0.3 is 10.3 Å². The Labute approximate surface area is 123 Å². The van der Waals surface area contributed by atoms with E-state index in [2.05, 4.69) is 34.3 Å². The fourth-order valence-corrected chi connectivity index (χ4v) is 2.49. The Bertz CT molecular complexity index is 706. The van der Waals surface area contributed by atoms with Crippen LogP contribution < -0.4 is 5.32 Å². The highest BCUT2D eigenvalue weighted by Crippen LogP contribution is 2.22. The molecule has 3 nitrogen and oxygen atoms in total. The molecule has 0 aliphatic heterocycles. The van der Waals surface area contributed by atoms with Gasteiger partial charge in [0.1, 0.15) is 0 Å². The third-order valence-electron chi connectivity index (χ3n) is 3.51. The highest BCUT2D eigenvalue weighted by atomic mass is 35.5. The summed E-state index contributed by atoms with van der Waals surface area (Å²) in [6.45, 7) is 2.94. The first-order valence-electron chi connectivity index (χ1n) is 6.63. The van der Waals surface area contributed by atoms with Gasteiger partial charge in [-0.2, -0.15) is 0 Å². The van der Waals surface area contributed by atoms with Crippen molar-refractivity contribution in [3.8, 4) is 0 Å². The number of aromatic amines is 1. The Morgan fingerprint density at radius 1 is 1.35 bits per heavy atom. The molecule has 2 N–H and O–H groups in total. The summed E-state index contributed by atoms with van der Waals surface area (Å²) < 4.78 is 0. The zero-order chi connectivity index (χ0) is 13.9. The summed E-state index contributed by atoms with van der Waals surface area (Å²) in [4.78, 5) is 7.41. The number of nitrogens with one attached hydrogen (secondary N) is 2. The number of nitrogens with zero attached hydrogens (tertiary/aromatic N) is 1. The Balaban J connectivity index is 1.74. The van der Waals surface area contributed by atoms with Crippen molar-refractivity contribution in [3.05, 3.63) is 65.1 Å². The molecule has 0 saturated heterocycles. The second-order valence-corrected chi connectivity index (χ2v) is 5.33. The lowest BCUT2D eigenvalue weighted by molar-refractivity contribution is 0.575. The molecule has 1 atom stereocenters.